The summed E-state index contributed by atoms with van der Waals surface area (Å²) in [6.07, 6.45) is -9.81. The van der Waals surface area contributed by atoms with Crippen molar-refractivity contribution < 1.29 is 50.5 Å². The third-order valence-electron chi connectivity index (χ3n) is 7.57. The van der Waals surface area contributed by atoms with Crippen molar-refractivity contribution in [3.05, 3.63) is 140 Å². The van der Waals surface area contributed by atoms with E-state index in [2.05, 4.69) is 0 Å². The summed E-state index contributed by atoms with van der Waals surface area (Å²) in [6, 6.07) is 20.5. The van der Waals surface area contributed by atoms with Gasteiger partial charge >= 0.3 is 24.3 Å². The van der Waals surface area contributed by atoms with Gasteiger partial charge in [-0.3, -0.25) is 9.59 Å². The van der Waals surface area contributed by atoms with Crippen LogP contribution in [0.2, 0.25) is 10.0 Å². The van der Waals surface area contributed by atoms with Crippen LogP contribution in [0, 0.1) is 0 Å². The van der Waals surface area contributed by atoms with Crippen LogP contribution in [-0.2, 0) is 42.4 Å². The second-order valence-corrected chi connectivity index (χ2v) is 15.7. The van der Waals surface area contributed by atoms with E-state index in [1.54, 1.807) is 41.5 Å². The number of hydrogen-bond acceptors (Lipinski definition) is 5. The Morgan fingerprint density at radius 2 is 0.796 bits per heavy atom. The highest BCUT2D eigenvalue weighted by atomic mass is 35.5. The van der Waals surface area contributed by atoms with Crippen molar-refractivity contribution in [1.82, 2.24) is 0 Å². The normalized spacial score (nSPS) is 14.5. The monoisotopic (exact) mass is 818 g/mol. The van der Waals surface area contributed by atoms with Crippen LogP contribution >= 0.6 is 34.8 Å². The fourth-order valence-electron chi connectivity index (χ4n) is 5.16. The van der Waals surface area contributed by atoms with Gasteiger partial charge in [-0.25, -0.2) is 0 Å². The molecule has 0 saturated carbocycles. The maximum Gasteiger partial charge on any atom is 0.425 e. The molecule has 5 nitrogen and oxygen atoms in total. The molecule has 0 aromatic heterocycles. The van der Waals surface area contributed by atoms with E-state index in [0.29, 0.717) is 16.1 Å². The molecular weight excluding hydrogens is 781 g/mol. The molecule has 4 rings (SSSR count). The van der Waals surface area contributed by atoms with Gasteiger partial charge in [-0.15, -0.1) is 0 Å². The summed E-state index contributed by atoms with van der Waals surface area (Å²) in [5, 5.41) is 11.1. The van der Waals surface area contributed by atoms with Crippen LogP contribution in [0.4, 0.5) is 26.3 Å². The van der Waals surface area contributed by atoms with Gasteiger partial charge in [-0.1, -0.05) is 108 Å². The van der Waals surface area contributed by atoms with Gasteiger partial charge in [0.15, 0.2) is 4.87 Å². The van der Waals surface area contributed by atoms with E-state index in [-0.39, 0.29) is 40.1 Å². The Hall–Kier alpha value is -3.77. The summed E-state index contributed by atoms with van der Waals surface area (Å²) in [5.41, 5.74) is -4.45. The molecule has 14 heteroatoms. The molecule has 0 radical (unpaired) electrons. The van der Waals surface area contributed by atoms with Gasteiger partial charge in [0.2, 0.25) is 5.60 Å². The average molecular weight is 820 g/mol. The Morgan fingerprint density at radius 3 is 1.07 bits per heavy atom. The van der Waals surface area contributed by atoms with Crippen LogP contribution in [0.25, 0.3) is 0 Å². The molecule has 2 atom stereocenters. The lowest BCUT2D eigenvalue weighted by atomic mass is 9.85. The summed E-state index contributed by atoms with van der Waals surface area (Å²) in [4.78, 5) is 21.0. The summed E-state index contributed by atoms with van der Waals surface area (Å²) < 4.78 is 93.1. The van der Waals surface area contributed by atoms with E-state index in [0.717, 1.165) is 24.3 Å². The summed E-state index contributed by atoms with van der Waals surface area (Å²) in [7, 11) is 0. The molecule has 0 heterocycles. The van der Waals surface area contributed by atoms with Gasteiger partial charge in [0.25, 0.3) is 0 Å². The molecule has 4 aromatic rings. The zero-order valence-electron chi connectivity index (χ0n) is 30.1. The number of halogens is 9. The van der Waals surface area contributed by atoms with Crippen molar-refractivity contribution in [2.75, 3.05) is 0 Å². The molecule has 0 aliphatic heterocycles. The van der Waals surface area contributed by atoms with E-state index in [4.69, 9.17) is 44.3 Å². The van der Waals surface area contributed by atoms with E-state index in [9.17, 15) is 41.0 Å². The Labute approximate surface area is 325 Å². The lowest BCUT2D eigenvalue weighted by molar-refractivity contribution is -0.248. The minimum atomic E-state index is -4.95. The van der Waals surface area contributed by atoms with E-state index >= 15 is 0 Å². The van der Waals surface area contributed by atoms with Gasteiger partial charge in [0.05, 0.1) is 12.8 Å². The fraction of sp³-hybridized carbons (Fsp3) is 0.350. The molecule has 0 amide bonds. The van der Waals surface area contributed by atoms with Crippen LogP contribution in [0.5, 0.6) is 0 Å². The molecule has 1 N–H and O–H groups in total. The zero-order chi connectivity index (χ0) is 40.9. The number of carbonyl (C=O) groups excluding carboxylic acids is 2. The first-order valence-corrected chi connectivity index (χ1v) is 17.5. The van der Waals surface area contributed by atoms with Crippen molar-refractivity contribution in [3.63, 3.8) is 0 Å². The molecule has 0 aliphatic rings. The van der Waals surface area contributed by atoms with Crippen molar-refractivity contribution in [1.29, 1.82) is 0 Å². The number of aliphatic hydroxyl groups is 1. The Morgan fingerprint density at radius 1 is 0.519 bits per heavy atom. The van der Waals surface area contributed by atoms with Crippen molar-refractivity contribution in [2.24, 2.45) is 0 Å². The van der Waals surface area contributed by atoms with Crippen LogP contribution in [0.3, 0.4) is 0 Å². The molecule has 0 aliphatic carbocycles. The molecule has 2 unspecified atom stereocenters. The molecule has 0 saturated heterocycles. The highest BCUT2D eigenvalue weighted by Crippen LogP contribution is 2.50. The van der Waals surface area contributed by atoms with Crippen LogP contribution in [-0.4, -0.2) is 40.6 Å². The number of benzene rings is 4. The van der Waals surface area contributed by atoms with Crippen LogP contribution < -0.4 is 0 Å². The van der Waals surface area contributed by atoms with Crippen LogP contribution in [0.15, 0.2) is 97.1 Å². The lowest BCUT2D eigenvalue weighted by Crippen LogP contribution is -2.43. The standard InChI is InChI=1S/C20H19Cl2F3O2.C20H20ClF3O3/c1-18(2,3)27-17(26)12-13-4-6-14(7-5-13)19(22,20(23,24)25)15-8-10-16(21)11-9-15;1-18(2,3)27-17(25)12-13-4-6-14(7-5-13)19(26,20(22,23)24)15-8-10-16(21)11-9-15/h4-11H,12H2,1-3H3;4-11,26H,12H2,1-3H3. The summed E-state index contributed by atoms with van der Waals surface area (Å²) in [6.45, 7) is 10.4. The van der Waals surface area contributed by atoms with Gasteiger partial charge in [0, 0.05) is 10.0 Å². The van der Waals surface area contributed by atoms with E-state index < -0.39 is 46.0 Å². The third-order valence-corrected chi connectivity index (χ3v) is 8.72. The third kappa shape index (κ3) is 11.6. The maximum atomic E-state index is 13.8. The number of alkyl halides is 7. The zero-order valence-corrected chi connectivity index (χ0v) is 32.4. The second-order valence-electron chi connectivity index (χ2n) is 14.3. The van der Waals surface area contributed by atoms with Gasteiger partial charge in [0.1, 0.15) is 11.2 Å². The Balaban J connectivity index is 0.000000290. The number of hydrogen-bond donors (Lipinski definition) is 1. The largest absolute Gasteiger partial charge is 0.460 e. The highest BCUT2D eigenvalue weighted by molar-refractivity contribution is 6.31. The number of ether oxygens (including phenoxy) is 2. The first-order valence-electron chi connectivity index (χ1n) is 16.3. The topological polar surface area (TPSA) is 72.8 Å². The molecule has 292 valence electrons. The summed E-state index contributed by atoms with van der Waals surface area (Å²) >= 11 is 17.6. The highest BCUT2D eigenvalue weighted by Gasteiger charge is 2.57. The molecule has 0 bridgehead atoms. The minimum Gasteiger partial charge on any atom is -0.460 e. The average Bonchev–Trinajstić information content (AvgIpc) is 3.03. The van der Waals surface area contributed by atoms with Crippen molar-refractivity contribution in [3.8, 4) is 0 Å². The first kappa shape index (κ1) is 44.6. The molecule has 0 fully saturated rings. The SMILES string of the molecule is CC(C)(C)OC(=O)Cc1ccc(C(Cl)(c2ccc(Cl)cc2)C(F)(F)F)cc1.CC(C)(C)OC(=O)Cc1ccc(C(O)(c2ccc(Cl)cc2)C(F)(F)F)cc1. The van der Waals surface area contributed by atoms with Crippen LogP contribution in [0.1, 0.15) is 74.9 Å². The smallest absolute Gasteiger partial charge is 0.425 e. The molecule has 4 aromatic carbocycles. The predicted molar refractivity (Wildman–Crippen MR) is 197 cm³/mol. The number of esters is 2. The second kappa shape index (κ2) is 16.9. The Kier molecular flexibility index (Phi) is 14.0. The fourth-order valence-corrected chi connectivity index (χ4v) is 5.67. The minimum absolute atomic E-state index is 0.0419. The quantitative estimate of drug-likeness (QED) is 0.109. The Bertz CT molecular complexity index is 1730. The molecule has 54 heavy (non-hydrogen) atoms. The predicted octanol–water partition coefficient (Wildman–Crippen LogP) is 11.3. The van der Waals surface area contributed by atoms with Gasteiger partial charge < -0.3 is 14.6 Å². The van der Waals surface area contributed by atoms with Crippen molar-refractivity contribution >= 4 is 46.7 Å². The van der Waals surface area contributed by atoms with Gasteiger partial charge in [-0.05, 0) is 99.2 Å². The van der Waals surface area contributed by atoms with Gasteiger partial charge in [-0.2, -0.15) is 26.3 Å². The molecule has 0 spiro atoms. The van der Waals surface area contributed by atoms with E-state index in [1.807, 2.05) is 0 Å². The summed E-state index contributed by atoms with van der Waals surface area (Å²) in [5.74, 6) is -0.944. The number of carbonyl (C=O) groups is 2. The molecular formula is C40H39Cl3F6O5. The number of rotatable bonds is 8. The van der Waals surface area contributed by atoms with Crippen molar-refractivity contribution in [2.45, 2.75) is 88.4 Å². The first-order chi connectivity index (χ1) is 24.7. The van der Waals surface area contributed by atoms with E-state index in [1.165, 1.54) is 72.8 Å². The maximum absolute atomic E-state index is 13.8. The lowest BCUT2D eigenvalue weighted by Gasteiger charge is -2.31.